The van der Waals surface area contributed by atoms with E-state index in [1.54, 1.807) is 12.1 Å². The highest BCUT2D eigenvalue weighted by atomic mass is 35.5. The summed E-state index contributed by atoms with van der Waals surface area (Å²) in [6.07, 6.45) is 1.74. The minimum atomic E-state index is -0.185. The van der Waals surface area contributed by atoms with Gasteiger partial charge in [-0.3, -0.25) is 4.79 Å². The van der Waals surface area contributed by atoms with Gasteiger partial charge in [-0.25, -0.2) is 5.43 Å². The maximum atomic E-state index is 11.8. The first-order valence-electron chi connectivity index (χ1n) is 7.43. The number of hydrogen-bond acceptors (Lipinski definition) is 3. The quantitative estimate of drug-likeness (QED) is 0.557. The van der Waals surface area contributed by atoms with E-state index in [-0.39, 0.29) is 12.3 Å². The van der Waals surface area contributed by atoms with Crippen LogP contribution in [0.1, 0.15) is 11.3 Å². The molecule has 0 saturated heterocycles. The predicted molar refractivity (Wildman–Crippen MR) is 95.0 cm³/mol. The van der Waals surface area contributed by atoms with Gasteiger partial charge in [-0.15, -0.1) is 0 Å². The lowest BCUT2D eigenvalue weighted by molar-refractivity contribution is -0.120. The van der Waals surface area contributed by atoms with E-state index in [2.05, 4.69) is 10.5 Å². The predicted octanol–water partition coefficient (Wildman–Crippen LogP) is 4.29. The monoisotopic (exact) mass is 338 g/mol. The Morgan fingerprint density at radius 3 is 2.58 bits per heavy atom. The number of rotatable bonds is 5. The van der Waals surface area contributed by atoms with Crippen molar-refractivity contribution in [3.63, 3.8) is 0 Å². The van der Waals surface area contributed by atoms with Crippen molar-refractivity contribution < 1.29 is 9.21 Å². The summed E-state index contributed by atoms with van der Waals surface area (Å²) in [6, 6.07) is 20.5. The normalized spacial score (nSPS) is 10.9. The Kier molecular flexibility index (Phi) is 5.08. The second-order valence-electron chi connectivity index (χ2n) is 5.14. The zero-order chi connectivity index (χ0) is 16.8. The average molecular weight is 339 g/mol. The fraction of sp³-hybridized carbons (Fsp3) is 0.0526. The van der Waals surface area contributed by atoms with E-state index >= 15 is 0 Å². The molecule has 0 bridgehead atoms. The third-order valence-corrected chi connectivity index (χ3v) is 3.68. The Hall–Kier alpha value is -2.85. The molecule has 0 spiro atoms. The number of nitrogens with one attached hydrogen (secondary N) is 1. The van der Waals surface area contributed by atoms with Gasteiger partial charge in [0.2, 0.25) is 5.91 Å². The van der Waals surface area contributed by atoms with Gasteiger partial charge in [-0.05, 0) is 29.8 Å². The number of hydrogen-bond donors (Lipinski definition) is 1. The summed E-state index contributed by atoms with van der Waals surface area (Å²) in [5.74, 6) is 0.998. The molecule has 0 fully saturated rings. The lowest BCUT2D eigenvalue weighted by atomic mass is 10.1. The van der Waals surface area contributed by atoms with Crippen LogP contribution in [-0.4, -0.2) is 12.1 Å². The summed E-state index contributed by atoms with van der Waals surface area (Å²) in [4.78, 5) is 11.8. The first-order valence-corrected chi connectivity index (χ1v) is 7.81. The summed E-state index contributed by atoms with van der Waals surface area (Å²) in [6.45, 7) is 0. The molecule has 0 aliphatic carbocycles. The van der Waals surface area contributed by atoms with Crippen LogP contribution in [0.4, 0.5) is 0 Å². The molecule has 5 heteroatoms. The van der Waals surface area contributed by atoms with Crippen molar-refractivity contribution in [1.82, 2.24) is 5.43 Å². The molecule has 0 atom stereocenters. The van der Waals surface area contributed by atoms with E-state index < -0.39 is 0 Å². The van der Waals surface area contributed by atoms with Gasteiger partial charge in [0.05, 0.1) is 17.7 Å². The third kappa shape index (κ3) is 4.12. The van der Waals surface area contributed by atoms with E-state index in [9.17, 15) is 4.79 Å². The second kappa shape index (κ2) is 7.62. The number of halogens is 1. The summed E-state index contributed by atoms with van der Waals surface area (Å²) < 4.78 is 5.67. The van der Waals surface area contributed by atoms with Crippen molar-refractivity contribution in [1.29, 1.82) is 0 Å². The van der Waals surface area contributed by atoms with Gasteiger partial charge in [-0.1, -0.05) is 54.1 Å². The highest BCUT2D eigenvalue weighted by molar-refractivity contribution is 6.33. The SMILES string of the molecule is O=C(Cc1ccccc1)N/N=C\c1ccc(-c2ccccc2Cl)o1. The molecule has 3 rings (SSSR count). The molecule has 1 aromatic heterocycles. The molecule has 0 saturated carbocycles. The van der Waals surface area contributed by atoms with Gasteiger partial charge >= 0.3 is 0 Å². The summed E-state index contributed by atoms with van der Waals surface area (Å²) in [5.41, 5.74) is 4.23. The fourth-order valence-electron chi connectivity index (χ4n) is 2.22. The minimum absolute atomic E-state index is 0.185. The Morgan fingerprint density at radius 2 is 1.79 bits per heavy atom. The number of benzene rings is 2. The molecule has 4 nitrogen and oxygen atoms in total. The second-order valence-corrected chi connectivity index (χ2v) is 5.54. The first kappa shape index (κ1) is 16.0. The van der Waals surface area contributed by atoms with Crippen molar-refractivity contribution in [2.24, 2.45) is 5.10 Å². The molecule has 120 valence electrons. The highest BCUT2D eigenvalue weighted by Gasteiger charge is 2.07. The van der Waals surface area contributed by atoms with Crippen molar-refractivity contribution in [2.45, 2.75) is 6.42 Å². The summed E-state index contributed by atoms with van der Waals surface area (Å²) >= 11 is 6.14. The number of nitrogens with zero attached hydrogens (tertiary/aromatic N) is 1. The molecular weight excluding hydrogens is 324 g/mol. The van der Waals surface area contributed by atoms with Crippen molar-refractivity contribution in [3.05, 3.63) is 83.1 Å². The van der Waals surface area contributed by atoms with Gasteiger partial charge in [0.1, 0.15) is 11.5 Å². The number of furan rings is 1. The number of carbonyl (C=O) groups excluding carboxylic acids is 1. The average Bonchev–Trinajstić information content (AvgIpc) is 3.05. The van der Waals surface area contributed by atoms with E-state index in [4.69, 9.17) is 16.0 Å². The largest absolute Gasteiger partial charge is 0.455 e. The molecular formula is C19H15ClN2O2. The van der Waals surface area contributed by atoms with E-state index in [0.29, 0.717) is 16.5 Å². The smallest absolute Gasteiger partial charge is 0.244 e. The summed E-state index contributed by atoms with van der Waals surface area (Å²) in [5, 5.41) is 4.53. The topological polar surface area (TPSA) is 54.6 Å². The van der Waals surface area contributed by atoms with Gasteiger partial charge in [0.25, 0.3) is 0 Å². The van der Waals surface area contributed by atoms with Crippen molar-refractivity contribution >= 4 is 23.7 Å². The lowest BCUT2D eigenvalue weighted by Crippen LogP contribution is -2.19. The molecule has 2 aromatic carbocycles. The van der Waals surface area contributed by atoms with E-state index in [1.807, 2.05) is 54.6 Å². The van der Waals surface area contributed by atoms with Crippen molar-refractivity contribution in [3.8, 4) is 11.3 Å². The van der Waals surface area contributed by atoms with Crippen LogP contribution in [0.25, 0.3) is 11.3 Å². The maximum Gasteiger partial charge on any atom is 0.244 e. The van der Waals surface area contributed by atoms with E-state index in [1.165, 1.54) is 6.21 Å². The van der Waals surface area contributed by atoms with Crippen LogP contribution in [0.5, 0.6) is 0 Å². The lowest BCUT2D eigenvalue weighted by Gasteiger charge is -2.00. The molecule has 0 unspecified atom stereocenters. The van der Waals surface area contributed by atoms with Crippen LogP contribution in [0.2, 0.25) is 5.02 Å². The Balaban J connectivity index is 1.60. The van der Waals surface area contributed by atoms with Crippen LogP contribution in [0.15, 0.2) is 76.2 Å². The molecule has 1 heterocycles. The molecule has 0 aliphatic rings. The Morgan fingerprint density at radius 1 is 1.04 bits per heavy atom. The standard InChI is InChI=1S/C19H15ClN2O2/c20-17-9-5-4-8-16(17)18-11-10-15(24-18)13-21-22-19(23)12-14-6-2-1-3-7-14/h1-11,13H,12H2,(H,22,23)/b21-13-. The summed E-state index contributed by atoms with van der Waals surface area (Å²) in [7, 11) is 0. The number of hydrazone groups is 1. The highest BCUT2D eigenvalue weighted by Crippen LogP contribution is 2.28. The van der Waals surface area contributed by atoms with Crippen LogP contribution in [0.3, 0.4) is 0 Å². The van der Waals surface area contributed by atoms with Crippen LogP contribution < -0.4 is 5.43 Å². The zero-order valence-electron chi connectivity index (χ0n) is 12.8. The Bertz CT molecular complexity index is 857. The molecule has 3 aromatic rings. The van der Waals surface area contributed by atoms with Crippen LogP contribution in [-0.2, 0) is 11.2 Å². The first-order chi connectivity index (χ1) is 11.7. The van der Waals surface area contributed by atoms with Gasteiger partial charge in [0, 0.05) is 5.56 Å². The van der Waals surface area contributed by atoms with Gasteiger partial charge < -0.3 is 4.42 Å². The molecule has 1 N–H and O–H groups in total. The van der Waals surface area contributed by atoms with Crippen LogP contribution in [0, 0.1) is 0 Å². The van der Waals surface area contributed by atoms with Crippen molar-refractivity contribution in [2.75, 3.05) is 0 Å². The third-order valence-electron chi connectivity index (χ3n) is 3.35. The van der Waals surface area contributed by atoms with Crippen LogP contribution >= 0.6 is 11.6 Å². The molecule has 0 aliphatic heterocycles. The number of carbonyl (C=O) groups is 1. The minimum Gasteiger partial charge on any atom is -0.455 e. The fourth-order valence-corrected chi connectivity index (χ4v) is 2.45. The zero-order valence-corrected chi connectivity index (χ0v) is 13.5. The molecule has 1 amide bonds. The maximum absolute atomic E-state index is 11.8. The van der Waals surface area contributed by atoms with Gasteiger partial charge in [-0.2, -0.15) is 5.10 Å². The van der Waals surface area contributed by atoms with E-state index in [0.717, 1.165) is 11.1 Å². The van der Waals surface area contributed by atoms with Gasteiger partial charge in [0.15, 0.2) is 0 Å². The number of amides is 1. The molecule has 24 heavy (non-hydrogen) atoms. The Labute approximate surface area is 144 Å². The molecule has 0 radical (unpaired) electrons.